The van der Waals surface area contributed by atoms with Gasteiger partial charge in [-0.25, -0.2) is 4.98 Å². The molecule has 0 atom stereocenters. The lowest BCUT2D eigenvalue weighted by Gasteiger charge is -2.18. The Labute approximate surface area is 173 Å². The minimum Gasteiger partial charge on any atom is -0.496 e. The summed E-state index contributed by atoms with van der Waals surface area (Å²) in [6.07, 6.45) is 7.28. The molecule has 4 rings (SSSR count). The van der Waals surface area contributed by atoms with Crippen molar-refractivity contribution in [1.82, 2.24) is 9.55 Å². The summed E-state index contributed by atoms with van der Waals surface area (Å²) >= 11 is 10.2. The number of imidazole rings is 1. The lowest BCUT2D eigenvalue weighted by Crippen LogP contribution is -2.11. The fraction of sp³-hybridized carbons (Fsp3) is 0.318. The van der Waals surface area contributed by atoms with Crippen LogP contribution in [0.3, 0.4) is 0 Å². The molecule has 0 amide bonds. The first-order valence-electron chi connectivity index (χ1n) is 9.32. The van der Waals surface area contributed by atoms with Crippen LogP contribution in [0.5, 0.6) is 5.75 Å². The van der Waals surface area contributed by atoms with E-state index in [9.17, 15) is 0 Å². The molecule has 0 fully saturated rings. The molecular formula is C22H22BrClN2O. The molecule has 0 bridgehead atoms. The highest BCUT2D eigenvalue weighted by atomic mass is 79.9. The number of nitrogens with zero attached hydrogens (tertiary/aromatic N) is 2. The zero-order chi connectivity index (χ0) is 18.8. The number of aryl methyl sites for hydroxylation is 2. The van der Waals surface area contributed by atoms with Crippen molar-refractivity contribution in [3.8, 4) is 17.1 Å². The summed E-state index contributed by atoms with van der Waals surface area (Å²) in [4.78, 5) is 4.74. The fourth-order valence-electron chi connectivity index (χ4n) is 3.88. The van der Waals surface area contributed by atoms with Gasteiger partial charge >= 0.3 is 0 Å². The van der Waals surface area contributed by atoms with E-state index < -0.39 is 0 Å². The molecule has 27 heavy (non-hydrogen) atoms. The third kappa shape index (κ3) is 3.78. The first-order chi connectivity index (χ1) is 13.2. The Morgan fingerprint density at radius 3 is 2.93 bits per heavy atom. The molecule has 1 aliphatic heterocycles. The lowest BCUT2D eigenvalue weighted by atomic mass is 9.98. The van der Waals surface area contributed by atoms with Gasteiger partial charge in [-0.3, -0.25) is 0 Å². The van der Waals surface area contributed by atoms with Crippen LogP contribution in [0.15, 0.2) is 47.1 Å². The first kappa shape index (κ1) is 18.6. The molecule has 3 nitrogen and oxygen atoms in total. The molecule has 0 spiro atoms. The molecule has 2 heterocycles. The normalized spacial score (nSPS) is 13.4. The summed E-state index contributed by atoms with van der Waals surface area (Å²) in [6.45, 7) is 1.04. The fourth-order valence-corrected chi connectivity index (χ4v) is 4.55. The van der Waals surface area contributed by atoms with Crippen molar-refractivity contribution in [3.63, 3.8) is 0 Å². The molecule has 0 saturated heterocycles. The first-order valence-corrected chi connectivity index (χ1v) is 10.5. The minimum absolute atomic E-state index is 0.801. The van der Waals surface area contributed by atoms with Crippen LogP contribution in [0, 0.1) is 0 Å². The highest BCUT2D eigenvalue weighted by Crippen LogP contribution is 2.33. The van der Waals surface area contributed by atoms with E-state index in [0.29, 0.717) is 0 Å². The van der Waals surface area contributed by atoms with E-state index in [1.807, 2.05) is 30.5 Å². The van der Waals surface area contributed by atoms with Crippen molar-refractivity contribution in [2.45, 2.75) is 38.6 Å². The van der Waals surface area contributed by atoms with E-state index in [4.69, 9.17) is 21.3 Å². The number of hydrogen-bond acceptors (Lipinski definition) is 2. The Balaban J connectivity index is 1.68. The largest absolute Gasteiger partial charge is 0.496 e. The molecule has 1 aliphatic rings. The molecule has 5 heteroatoms. The molecule has 0 N–H and O–H groups in total. The lowest BCUT2D eigenvalue weighted by molar-refractivity contribution is 0.409. The summed E-state index contributed by atoms with van der Waals surface area (Å²) in [7, 11) is 1.71. The quantitative estimate of drug-likeness (QED) is 0.475. The summed E-state index contributed by atoms with van der Waals surface area (Å²) in [5.74, 6) is 1.95. The summed E-state index contributed by atoms with van der Waals surface area (Å²) in [5.41, 5.74) is 4.79. The minimum atomic E-state index is 0.801. The zero-order valence-corrected chi connectivity index (χ0v) is 17.7. The third-order valence-electron chi connectivity index (χ3n) is 5.25. The monoisotopic (exact) mass is 444 g/mol. The van der Waals surface area contributed by atoms with E-state index in [0.717, 1.165) is 58.0 Å². The second kappa shape index (κ2) is 8.07. The van der Waals surface area contributed by atoms with Crippen LogP contribution in [-0.2, 0) is 25.8 Å². The molecule has 3 aromatic rings. The maximum Gasteiger partial charge on any atom is 0.140 e. The van der Waals surface area contributed by atoms with Gasteiger partial charge in [-0.2, -0.15) is 0 Å². The van der Waals surface area contributed by atoms with Crippen LogP contribution in [0.25, 0.3) is 11.4 Å². The number of halogens is 2. The third-order valence-corrected chi connectivity index (χ3v) is 6.10. The Hall–Kier alpha value is -1.78. The van der Waals surface area contributed by atoms with Crippen LogP contribution in [0.2, 0.25) is 5.02 Å². The number of ether oxygens (including phenoxy) is 1. The average molecular weight is 446 g/mol. The van der Waals surface area contributed by atoms with Crippen molar-refractivity contribution >= 4 is 27.5 Å². The number of fused-ring (bicyclic) bond motifs is 1. The molecule has 140 valence electrons. The van der Waals surface area contributed by atoms with Crippen LogP contribution < -0.4 is 4.74 Å². The number of rotatable bonds is 5. The van der Waals surface area contributed by atoms with Gasteiger partial charge in [-0.15, -0.1) is 0 Å². The number of aromatic nitrogens is 2. The second-order valence-corrected chi connectivity index (χ2v) is 8.23. The van der Waals surface area contributed by atoms with Crippen LogP contribution in [-0.4, -0.2) is 16.7 Å². The average Bonchev–Trinajstić information content (AvgIpc) is 3.11. The van der Waals surface area contributed by atoms with Gasteiger partial charge in [0.05, 0.1) is 7.11 Å². The van der Waals surface area contributed by atoms with E-state index in [-0.39, 0.29) is 0 Å². The molecule has 1 aromatic heterocycles. The van der Waals surface area contributed by atoms with Crippen LogP contribution in [0.1, 0.15) is 29.7 Å². The van der Waals surface area contributed by atoms with Gasteiger partial charge in [0.25, 0.3) is 0 Å². The molecule has 0 radical (unpaired) electrons. The van der Waals surface area contributed by atoms with Gasteiger partial charge in [0.2, 0.25) is 0 Å². The van der Waals surface area contributed by atoms with E-state index in [1.54, 1.807) is 7.11 Å². The Morgan fingerprint density at radius 1 is 1.19 bits per heavy atom. The van der Waals surface area contributed by atoms with E-state index >= 15 is 0 Å². The van der Waals surface area contributed by atoms with Crippen molar-refractivity contribution in [2.24, 2.45) is 0 Å². The SMILES string of the molecule is COc1ccc(Br)cc1CCc1c(Cl)cccc1-c1ncc2n1CCCC2. The number of hydrogen-bond donors (Lipinski definition) is 0. The van der Waals surface area contributed by atoms with Gasteiger partial charge in [-0.1, -0.05) is 39.7 Å². The number of benzene rings is 2. The van der Waals surface area contributed by atoms with Gasteiger partial charge in [-0.05, 0) is 67.5 Å². The smallest absolute Gasteiger partial charge is 0.140 e. The van der Waals surface area contributed by atoms with Crippen molar-refractivity contribution < 1.29 is 4.74 Å². The van der Waals surface area contributed by atoms with E-state index in [2.05, 4.69) is 32.6 Å². The predicted octanol–water partition coefficient (Wildman–Crippen LogP) is 6.10. The standard InChI is InChI=1S/C22H22BrClN2O/c1-27-21-11-9-16(23)13-15(21)8-10-18-19(6-4-7-20(18)24)22-25-14-17-5-2-3-12-26(17)22/h4,6-7,9,11,13-14H,2-3,5,8,10,12H2,1H3. The topological polar surface area (TPSA) is 27.1 Å². The molecule has 2 aromatic carbocycles. The molecule has 0 aliphatic carbocycles. The summed E-state index contributed by atoms with van der Waals surface area (Å²) < 4.78 is 8.94. The van der Waals surface area contributed by atoms with Gasteiger partial charge in [0.1, 0.15) is 11.6 Å². The van der Waals surface area contributed by atoms with Gasteiger partial charge in [0.15, 0.2) is 0 Å². The highest BCUT2D eigenvalue weighted by Gasteiger charge is 2.19. The van der Waals surface area contributed by atoms with Crippen LogP contribution >= 0.6 is 27.5 Å². The molecular weight excluding hydrogens is 424 g/mol. The van der Waals surface area contributed by atoms with Crippen molar-refractivity contribution in [3.05, 3.63) is 68.9 Å². The zero-order valence-electron chi connectivity index (χ0n) is 15.3. The predicted molar refractivity (Wildman–Crippen MR) is 114 cm³/mol. The second-order valence-electron chi connectivity index (χ2n) is 6.90. The van der Waals surface area contributed by atoms with Gasteiger partial charge < -0.3 is 9.30 Å². The maximum atomic E-state index is 6.62. The summed E-state index contributed by atoms with van der Waals surface area (Å²) in [6, 6.07) is 12.2. The molecule has 0 unspecified atom stereocenters. The van der Waals surface area contributed by atoms with E-state index in [1.165, 1.54) is 24.1 Å². The van der Waals surface area contributed by atoms with Gasteiger partial charge in [0, 0.05) is 33.5 Å². The summed E-state index contributed by atoms with van der Waals surface area (Å²) in [5, 5.41) is 0.801. The highest BCUT2D eigenvalue weighted by molar-refractivity contribution is 9.10. The maximum absolute atomic E-state index is 6.62. The Morgan fingerprint density at radius 2 is 2.07 bits per heavy atom. The Kier molecular flexibility index (Phi) is 5.55. The molecule has 0 saturated carbocycles. The van der Waals surface area contributed by atoms with Crippen molar-refractivity contribution in [1.29, 1.82) is 0 Å². The van der Waals surface area contributed by atoms with Crippen molar-refractivity contribution in [2.75, 3.05) is 7.11 Å². The Bertz CT molecular complexity index is 967. The van der Waals surface area contributed by atoms with Crippen LogP contribution in [0.4, 0.5) is 0 Å². The number of methoxy groups -OCH3 is 1.